The first-order chi connectivity index (χ1) is 11.3. The van der Waals surface area contributed by atoms with Crippen LogP contribution in [0.25, 0.3) is 0 Å². The van der Waals surface area contributed by atoms with Crippen molar-refractivity contribution in [1.82, 2.24) is 14.8 Å². The van der Waals surface area contributed by atoms with Gasteiger partial charge in [0, 0.05) is 51.2 Å². The summed E-state index contributed by atoms with van der Waals surface area (Å²) < 4.78 is 5.94. The number of amides is 1. The summed E-state index contributed by atoms with van der Waals surface area (Å²) in [4.78, 5) is 21.6. The fourth-order valence-electron chi connectivity index (χ4n) is 4.34. The second-order valence-electron chi connectivity index (χ2n) is 7.02. The van der Waals surface area contributed by atoms with Crippen LogP contribution in [-0.4, -0.2) is 59.1 Å². The fraction of sp³-hybridized carbons (Fsp3) is 0.667. The number of nitrogens with zero attached hydrogens (tertiary/aromatic N) is 3. The summed E-state index contributed by atoms with van der Waals surface area (Å²) >= 11 is 0. The second kappa shape index (κ2) is 6.57. The number of pyridine rings is 1. The molecule has 3 aliphatic rings. The van der Waals surface area contributed by atoms with E-state index < -0.39 is 0 Å². The van der Waals surface area contributed by atoms with E-state index >= 15 is 0 Å². The number of carbonyl (C=O) groups is 1. The minimum atomic E-state index is 0.0871. The number of fused-ring (bicyclic) bond motifs is 1. The topological polar surface area (TPSA) is 45.7 Å². The summed E-state index contributed by atoms with van der Waals surface area (Å²) in [5.41, 5.74) is 1.22. The molecule has 4 heterocycles. The van der Waals surface area contributed by atoms with Gasteiger partial charge >= 0.3 is 0 Å². The highest BCUT2D eigenvalue weighted by Crippen LogP contribution is 2.33. The van der Waals surface area contributed by atoms with Crippen molar-refractivity contribution in [2.75, 3.05) is 26.2 Å². The van der Waals surface area contributed by atoms with E-state index in [0.717, 1.165) is 58.5 Å². The molecule has 0 aliphatic carbocycles. The average molecular weight is 315 g/mol. The van der Waals surface area contributed by atoms with Crippen LogP contribution in [0.15, 0.2) is 24.5 Å². The molecule has 0 N–H and O–H groups in total. The van der Waals surface area contributed by atoms with E-state index in [1.54, 1.807) is 6.20 Å². The van der Waals surface area contributed by atoms with Gasteiger partial charge in [0.05, 0.1) is 12.0 Å². The zero-order valence-electron chi connectivity index (χ0n) is 13.6. The Morgan fingerprint density at radius 3 is 3.00 bits per heavy atom. The van der Waals surface area contributed by atoms with Crippen molar-refractivity contribution in [1.29, 1.82) is 0 Å². The molecular formula is C18H25N3O2. The lowest BCUT2D eigenvalue weighted by Gasteiger charge is -2.41. The number of ether oxygens (including phenoxy) is 1. The van der Waals surface area contributed by atoms with Gasteiger partial charge in [-0.05, 0) is 37.3 Å². The van der Waals surface area contributed by atoms with E-state index in [9.17, 15) is 4.79 Å². The summed E-state index contributed by atoms with van der Waals surface area (Å²) in [7, 11) is 0. The SMILES string of the molecule is O=C([C@H]1C[C@H]2OCC[C@H]2N(Cc2cccnc2)C1)N1CCCC1. The first-order valence-electron chi connectivity index (χ1n) is 8.84. The predicted molar refractivity (Wildman–Crippen MR) is 86.7 cm³/mol. The van der Waals surface area contributed by atoms with Gasteiger partial charge in [0.2, 0.25) is 5.91 Å². The van der Waals surface area contributed by atoms with Crippen LogP contribution in [0.1, 0.15) is 31.2 Å². The number of carbonyl (C=O) groups excluding carboxylic acids is 1. The Morgan fingerprint density at radius 2 is 2.22 bits per heavy atom. The van der Waals surface area contributed by atoms with Crippen LogP contribution in [0.2, 0.25) is 0 Å². The average Bonchev–Trinajstić information content (AvgIpc) is 3.26. The molecule has 3 saturated heterocycles. The number of aromatic nitrogens is 1. The monoisotopic (exact) mass is 315 g/mol. The Labute approximate surface area is 137 Å². The number of piperidine rings is 1. The lowest BCUT2D eigenvalue weighted by molar-refractivity contribution is -0.139. The molecule has 0 spiro atoms. The molecule has 1 aromatic rings. The Bertz CT molecular complexity index is 544. The van der Waals surface area contributed by atoms with Crippen molar-refractivity contribution in [2.45, 2.75) is 44.4 Å². The fourth-order valence-corrected chi connectivity index (χ4v) is 4.34. The van der Waals surface area contributed by atoms with Gasteiger partial charge in [0.1, 0.15) is 0 Å². The van der Waals surface area contributed by atoms with E-state index in [4.69, 9.17) is 4.74 Å². The van der Waals surface area contributed by atoms with Crippen molar-refractivity contribution >= 4 is 5.91 Å². The molecule has 0 radical (unpaired) electrons. The molecule has 0 bridgehead atoms. The van der Waals surface area contributed by atoms with E-state index in [2.05, 4.69) is 20.9 Å². The third kappa shape index (κ3) is 3.12. The van der Waals surface area contributed by atoms with Crippen LogP contribution in [0.3, 0.4) is 0 Å². The van der Waals surface area contributed by atoms with Crippen LogP contribution in [0.5, 0.6) is 0 Å². The quantitative estimate of drug-likeness (QED) is 0.851. The van der Waals surface area contributed by atoms with Gasteiger partial charge in [-0.2, -0.15) is 0 Å². The maximum atomic E-state index is 12.8. The molecule has 4 rings (SSSR count). The molecule has 0 aromatic carbocycles. The molecule has 5 heteroatoms. The highest BCUT2D eigenvalue weighted by atomic mass is 16.5. The van der Waals surface area contributed by atoms with Crippen molar-refractivity contribution in [3.8, 4) is 0 Å². The summed E-state index contributed by atoms with van der Waals surface area (Å²) in [5.74, 6) is 0.428. The summed E-state index contributed by atoms with van der Waals surface area (Å²) in [5, 5.41) is 0. The van der Waals surface area contributed by atoms with E-state index in [0.29, 0.717) is 11.9 Å². The maximum Gasteiger partial charge on any atom is 0.227 e. The van der Waals surface area contributed by atoms with Crippen molar-refractivity contribution in [3.05, 3.63) is 30.1 Å². The Kier molecular flexibility index (Phi) is 4.31. The molecule has 23 heavy (non-hydrogen) atoms. The van der Waals surface area contributed by atoms with Gasteiger partial charge in [0.15, 0.2) is 0 Å². The first kappa shape index (κ1) is 15.1. The molecule has 1 aromatic heterocycles. The summed E-state index contributed by atoms with van der Waals surface area (Å²) in [6.07, 6.45) is 8.23. The van der Waals surface area contributed by atoms with Crippen molar-refractivity contribution < 1.29 is 9.53 Å². The molecule has 0 saturated carbocycles. The molecule has 3 aliphatic heterocycles. The smallest absolute Gasteiger partial charge is 0.227 e. The second-order valence-corrected chi connectivity index (χ2v) is 7.02. The molecule has 3 fully saturated rings. The number of likely N-dealkylation sites (tertiary alicyclic amines) is 2. The largest absolute Gasteiger partial charge is 0.377 e. The van der Waals surface area contributed by atoms with Crippen LogP contribution in [0, 0.1) is 5.92 Å². The van der Waals surface area contributed by atoms with Crippen LogP contribution in [-0.2, 0) is 16.1 Å². The molecule has 124 valence electrons. The van der Waals surface area contributed by atoms with Crippen molar-refractivity contribution in [2.24, 2.45) is 5.92 Å². The Hall–Kier alpha value is -1.46. The molecule has 1 amide bonds. The van der Waals surface area contributed by atoms with Crippen LogP contribution in [0.4, 0.5) is 0 Å². The Morgan fingerprint density at radius 1 is 1.35 bits per heavy atom. The van der Waals surface area contributed by atoms with E-state index in [1.165, 1.54) is 5.56 Å². The highest BCUT2D eigenvalue weighted by Gasteiger charge is 2.43. The van der Waals surface area contributed by atoms with Gasteiger partial charge in [-0.25, -0.2) is 0 Å². The van der Waals surface area contributed by atoms with Gasteiger partial charge in [-0.15, -0.1) is 0 Å². The minimum absolute atomic E-state index is 0.0871. The lowest BCUT2D eigenvalue weighted by Crippen LogP contribution is -2.52. The van der Waals surface area contributed by atoms with Gasteiger partial charge in [-0.1, -0.05) is 6.07 Å². The van der Waals surface area contributed by atoms with Crippen molar-refractivity contribution in [3.63, 3.8) is 0 Å². The van der Waals surface area contributed by atoms with Crippen LogP contribution >= 0.6 is 0 Å². The van der Waals surface area contributed by atoms with Crippen LogP contribution < -0.4 is 0 Å². The predicted octanol–water partition coefficient (Wildman–Crippen LogP) is 1.68. The standard InChI is InChI=1S/C18H25N3O2/c22-18(20-7-1-2-8-20)15-10-17-16(5-9-23-17)21(13-15)12-14-4-3-6-19-11-14/h3-4,6,11,15-17H,1-2,5,7-10,12-13H2/t15-,16+,17+/m0/s1. The number of rotatable bonds is 3. The van der Waals surface area contributed by atoms with Gasteiger partial charge in [-0.3, -0.25) is 14.7 Å². The minimum Gasteiger partial charge on any atom is -0.377 e. The third-order valence-electron chi connectivity index (χ3n) is 5.49. The first-order valence-corrected chi connectivity index (χ1v) is 8.84. The van der Waals surface area contributed by atoms with E-state index in [-0.39, 0.29) is 12.0 Å². The molecule has 0 unspecified atom stereocenters. The number of hydrogen-bond acceptors (Lipinski definition) is 4. The molecule has 3 atom stereocenters. The summed E-state index contributed by atoms with van der Waals surface area (Å²) in [6, 6.07) is 4.55. The van der Waals surface area contributed by atoms with Gasteiger partial charge < -0.3 is 9.64 Å². The Balaban J connectivity index is 1.49. The molecular weight excluding hydrogens is 290 g/mol. The zero-order valence-corrected chi connectivity index (χ0v) is 13.6. The molecule has 5 nitrogen and oxygen atoms in total. The normalized spacial score (nSPS) is 31.3. The highest BCUT2D eigenvalue weighted by molar-refractivity contribution is 5.79. The lowest BCUT2D eigenvalue weighted by atomic mass is 9.88. The maximum absolute atomic E-state index is 12.8. The van der Waals surface area contributed by atoms with E-state index in [1.807, 2.05) is 12.3 Å². The third-order valence-corrected chi connectivity index (χ3v) is 5.49. The van der Waals surface area contributed by atoms with Gasteiger partial charge in [0.25, 0.3) is 0 Å². The number of hydrogen-bond donors (Lipinski definition) is 0. The summed E-state index contributed by atoms with van der Waals surface area (Å²) in [6.45, 7) is 4.42. The zero-order chi connectivity index (χ0) is 15.6.